The quantitative estimate of drug-likeness (QED) is 0.646. The minimum absolute atomic E-state index is 0.0206. The Morgan fingerprint density at radius 3 is 2.54 bits per heavy atom. The number of hydrogen-bond acceptors (Lipinski definition) is 5. The molecule has 0 saturated carbocycles. The number of nitrogens with one attached hydrogen (secondary N) is 1. The summed E-state index contributed by atoms with van der Waals surface area (Å²) < 4.78 is 5.56. The largest absolute Gasteiger partial charge is 0.871 e. The molecule has 1 aliphatic heterocycles. The summed E-state index contributed by atoms with van der Waals surface area (Å²) in [5, 5.41) is 24.2. The number of likely N-dealkylation sites (N-methyl/N-ethyl adjacent to an activating group) is 1. The molecule has 2 aromatic carbocycles. The predicted molar refractivity (Wildman–Crippen MR) is 106 cm³/mol. The standard InChI is InChI=1S/C21H21ClN2O4/c1-23-8-10-24(11-9-23)12-16-17(25)7-6-15-19(26)18(21(27)28-20(15)16)13-2-4-14(22)5-3-13/h2-7,25-26H,8-12H2,1H3. The maximum Gasteiger partial charge on any atom is 0.343 e. The van der Waals surface area contributed by atoms with Gasteiger partial charge in [-0.3, -0.25) is 4.90 Å². The van der Waals surface area contributed by atoms with Crippen molar-refractivity contribution in [2.24, 2.45) is 0 Å². The number of phenols is 1. The summed E-state index contributed by atoms with van der Waals surface area (Å²) in [5.74, 6) is -0.357. The van der Waals surface area contributed by atoms with Gasteiger partial charge in [-0.2, -0.15) is 0 Å². The number of fused-ring (bicyclic) bond motifs is 1. The minimum Gasteiger partial charge on any atom is -0.871 e. The van der Waals surface area contributed by atoms with E-state index in [1.54, 1.807) is 24.3 Å². The number of piperazine rings is 1. The van der Waals surface area contributed by atoms with Crippen molar-refractivity contribution in [1.29, 1.82) is 0 Å². The van der Waals surface area contributed by atoms with Crippen molar-refractivity contribution in [3.63, 3.8) is 0 Å². The summed E-state index contributed by atoms with van der Waals surface area (Å²) in [6.45, 7) is 4.25. The van der Waals surface area contributed by atoms with Gasteiger partial charge in [0.25, 0.3) is 0 Å². The lowest BCUT2D eigenvalue weighted by molar-refractivity contribution is -0.917. The van der Waals surface area contributed by atoms with Gasteiger partial charge in [0.2, 0.25) is 0 Å². The number of aromatic hydroxyl groups is 1. The van der Waals surface area contributed by atoms with Gasteiger partial charge in [-0.25, -0.2) is 4.79 Å². The average Bonchev–Trinajstić information content (AvgIpc) is 2.67. The van der Waals surface area contributed by atoms with Gasteiger partial charge in [0, 0.05) is 23.5 Å². The van der Waals surface area contributed by atoms with E-state index in [9.17, 15) is 15.0 Å². The lowest BCUT2D eigenvalue weighted by atomic mass is 10.0. The van der Waals surface area contributed by atoms with Crippen LogP contribution < -0.4 is 15.6 Å². The van der Waals surface area contributed by atoms with Crippen LogP contribution in [0.1, 0.15) is 5.56 Å². The van der Waals surface area contributed by atoms with Crippen molar-refractivity contribution in [2.45, 2.75) is 6.54 Å². The van der Waals surface area contributed by atoms with E-state index in [0.717, 1.165) is 26.2 Å². The van der Waals surface area contributed by atoms with Crippen molar-refractivity contribution in [3.05, 3.63) is 57.4 Å². The Morgan fingerprint density at radius 2 is 1.86 bits per heavy atom. The number of hydrogen-bond donors (Lipinski definition) is 2. The normalized spacial score (nSPS) is 15.9. The van der Waals surface area contributed by atoms with Crippen LogP contribution in [0, 0.1) is 0 Å². The van der Waals surface area contributed by atoms with Crippen molar-refractivity contribution in [2.75, 3.05) is 33.2 Å². The molecule has 1 saturated heterocycles. The third-order valence-electron chi connectivity index (χ3n) is 5.36. The van der Waals surface area contributed by atoms with Crippen LogP contribution in [0.5, 0.6) is 11.5 Å². The maximum atomic E-state index is 13.0. The Hall–Kier alpha value is -2.54. The van der Waals surface area contributed by atoms with Gasteiger partial charge >= 0.3 is 5.63 Å². The predicted octanol–water partition coefficient (Wildman–Crippen LogP) is 1.22. The summed E-state index contributed by atoms with van der Waals surface area (Å²) in [6.07, 6.45) is 0. The summed E-state index contributed by atoms with van der Waals surface area (Å²) >= 11 is 5.90. The first kappa shape index (κ1) is 18.8. The van der Waals surface area contributed by atoms with Crippen LogP contribution in [-0.2, 0) is 6.54 Å². The molecule has 6 nitrogen and oxygen atoms in total. The number of rotatable bonds is 3. The molecule has 0 aliphatic carbocycles. The van der Waals surface area contributed by atoms with Crippen LogP contribution in [0.4, 0.5) is 0 Å². The lowest BCUT2D eigenvalue weighted by Gasteiger charge is -2.30. The molecule has 2 heterocycles. The highest BCUT2D eigenvalue weighted by Crippen LogP contribution is 2.35. The smallest absolute Gasteiger partial charge is 0.343 e. The maximum absolute atomic E-state index is 13.0. The van der Waals surface area contributed by atoms with Crippen molar-refractivity contribution < 1.29 is 19.5 Å². The Bertz CT molecular complexity index is 1070. The zero-order chi connectivity index (χ0) is 19.8. The lowest BCUT2D eigenvalue weighted by Crippen LogP contribution is -3.13. The Kier molecular flexibility index (Phi) is 5.02. The fourth-order valence-corrected chi connectivity index (χ4v) is 3.81. The Morgan fingerprint density at radius 1 is 1.18 bits per heavy atom. The van der Waals surface area contributed by atoms with Crippen LogP contribution >= 0.6 is 11.6 Å². The van der Waals surface area contributed by atoms with Gasteiger partial charge in [0.05, 0.1) is 24.2 Å². The van der Waals surface area contributed by atoms with Crippen LogP contribution in [-0.4, -0.2) is 43.2 Å². The molecule has 0 bridgehead atoms. The molecule has 3 aromatic rings. The van der Waals surface area contributed by atoms with Gasteiger partial charge in [-0.1, -0.05) is 29.5 Å². The van der Waals surface area contributed by atoms with E-state index < -0.39 is 11.4 Å². The fourth-order valence-electron chi connectivity index (χ4n) is 3.68. The molecule has 0 spiro atoms. The molecule has 1 fully saturated rings. The third kappa shape index (κ3) is 3.46. The van der Waals surface area contributed by atoms with Gasteiger partial charge in [-0.15, -0.1) is 0 Å². The van der Waals surface area contributed by atoms with E-state index in [1.807, 2.05) is 0 Å². The molecule has 1 aromatic heterocycles. The van der Waals surface area contributed by atoms with Crippen LogP contribution in [0.25, 0.3) is 22.1 Å². The number of halogens is 1. The van der Waals surface area contributed by atoms with Crippen LogP contribution in [0.2, 0.25) is 5.02 Å². The highest BCUT2D eigenvalue weighted by Gasteiger charge is 2.22. The van der Waals surface area contributed by atoms with Crippen LogP contribution in [0.15, 0.2) is 45.6 Å². The summed E-state index contributed by atoms with van der Waals surface area (Å²) in [4.78, 5) is 16.2. The molecule has 0 radical (unpaired) electrons. The summed E-state index contributed by atoms with van der Waals surface area (Å²) in [7, 11) is 2.08. The topological polar surface area (TPSA) is 81.2 Å². The fraction of sp³-hybridized carbons (Fsp3) is 0.286. The molecule has 28 heavy (non-hydrogen) atoms. The number of quaternary nitrogens is 1. The SMILES string of the molecule is CN1CC[NH+](Cc2c(O)ccc3c([O-])c(-c4ccc(Cl)cc4)c(=O)oc23)CC1. The van der Waals surface area contributed by atoms with Crippen molar-refractivity contribution in [3.8, 4) is 22.6 Å². The molecule has 146 valence electrons. The zero-order valence-corrected chi connectivity index (χ0v) is 16.3. The molecule has 2 N–H and O–H groups in total. The van der Waals surface area contributed by atoms with E-state index in [-0.39, 0.29) is 16.9 Å². The summed E-state index contributed by atoms with van der Waals surface area (Å²) in [6, 6.07) is 9.51. The van der Waals surface area contributed by atoms with Gasteiger partial charge in [0.15, 0.2) is 0 Å². The average molecular weight is 401 g/mol. The first-order valence-electron chi connectivity index (χ1n) is 9.21. The monoisotopic (exact) mass is 400 g/mol. The number of phenolic OH excluding ortho intramolecular Hbond substituents is 1. The molecule has 4 rings (SSSR count). The molecule has 0 atom stereocenters. The number of nitrogens with zero attached hydrogens (tertiary/aromatic N) is 1. The van der Waals surface area contributed by atoms with Crippen molar-refractivity contribution >= 4 is 22.6 Å². The van der Waals surface area contributed by atoms with Gasteiger partial charge < -0.3 is 19.5 Å². The first-order chi connectivity index (χ1) is 13.4. The molecule has 0 amide bonds. The second kappa shape index (κ2) is 7.47. The van der Waals surface area contributed by atoms with Crippen LogP contribution in [0.3, 0.4) is 0 Å². The zero-order valence-electron chi connectivity index (χ0n) is 15.5. The second-order valence-corrected chi connectivity index (χ2v) is 7.71. The Labute approximate surface area is 167 Å². The van der Waals surface area contributed by atoms with E-state index in [1.165, 1.54) is 17.0 Å². The van der Waals surface area contributed by atoms with E-state index in [4.69, 9.17) is 16.0 Å². The molecule has 7 heteroatoms. The van der Waals surface area contributed by atoms with Gasteiger partial charge in [-0.05, 0) is 36.9 Å². The van der Waals surface area contributed by atoms with E-state index in [0.29, 0.717) is 28.1 Å². The minimum atomic E-state index is -0.708. The molecular weight excluding hydrogens is 380 g/mol. The van der Waals surface area contributed by atoms with Gasteiger partial charge in [0.1, 0.15) is 17.9 Å². The van der Waals surface area contributed by atoms with E-state index in [2.05, 4.69) is 11.9 Å². The number of benzene rings is 2. The van der Waals surface area contributed by atoms with E-state index >= 15 is 0 Å². The molecular formula is C21H21ClN2O4. The first-order valence-corrected chi connectivity index (χ1v) is 9.58. The Balaban J connectivity index is 1.81. The summed E-state index contributed by atoms with van der Waals surface area (Å²) in [5.41, 5.74) is 0.421. The highest BCUT2D eigenvalue weighted by atomic mass is 35.5. The second-order valence-electron chi connectivity index (χ2n) is 7.27. The molecule has 0 unspecified atom stereocenters. The molecule has 1 aliphatic rings. The highest BCUT2D eigenvalue weighted by molar-refractivity contribution is 6.30. The third-order valence-corrected chi connectivity index (χ3v) is 5.61. The van der Waals surface area contributed by atoms with Crippen molar-refractivity contribution in [1.82, 2.24) is 4.90 Å².